The molecule has 0 unspecified atom stereocenters. The highest BCUT2D eigenvalue weighted by molar-refractivity contribution is 6.30. The average molecular weight is 342 g/mol. The fourth-order valence-corrected chi connectivity index (χ4v) is 3.19. The van der Waals surface area contributed by atoms with Gasteiger partial charge in [0, 0.05) is 23.3 Å². The molecule has 5 nitrogen and oxygen atoms in total. The van der Waals surface area contributed by atoms with Crippen LogP contribution in [-0.4, -0.2) is 4.57 Å². The molecule has 0 saturated heterocycles. The highest BCUT2D eigenvalue weighted by Gasteiger charge is 2.34. The summed E-state index contributed by atoms with van der Waals surface area (Å²) < 4.78 is 7.22. The van der Waals surface area contributed by atoms with E-state index in [1.807, 2.05) is 13.8 Å². The highest BCUT2D eigenvalue weighted by atomic mass is 35.5. The topological polar surface area (TPSA) is 81.0 Å². The summed E-state index contributed by atoms with van der Waals surface area (Å²) in [6, 6.07) is 10.9. The molecular formula is C18H16ClN3O2. The second-order valence-electron chi connectivity index (χ2n) is 5.59. The summed E-state index contributed by atoms with van der Waals surface area (Å²) in [4.78, 5) is 13.0. The molecule has 0 saturated carbocycles. The van der Waals surface area contributed by atoms with Gasteiger partial charge >= 0.3 is 0 Å². The first-order valence-corrected chi connectivity index (χ1v) is 7.93. The molecule has 24 heavy (non-hydrogen) atoms. The third-order valence-corrected chi connectivity index (χ3v) is 4.46. The lowest BCUT2D eigenvalue weighted by molar-refractivity contribution is 0.388. The molecule has 1 aliphatic heterocycles. The molecule has 2 heterocycles. The SMILES string of the molecule is CCn1c(C)cc2c(c1=O)[C@@H](c1ccc(Cl)cc1)C(C#N)=C(N)O2. The molecule has 6 heteroatoms. The molecule has 1 aliphatic rings. The third kappa shape index (κ3) is 2.45. The van der Waals surface area contributed by atoms with Crippen molar-refractivity contribution in [2.75, 3.05) is 0 Å². The van der Waals surface area contributed by atoms with Gasteiger partial charge in [-0.2, -0.15) is 5.26 Å². The summed E-state index contributed by atoms with van der Waals surface area (Å²) in [5.74, 6) is -0.140. The van der Waals surface area contributed by atoms with Crippen LogP contribution >= 0.6 is 11.6 Å². The van der Waals surface area contributed by atoms with E-state index in [0.717, 1.165) is 11.3 Å². The first kappa shape index (κ1) is 16.2. The Hall–Kier alpha value is -2.71. The van der Waals surface area contributed by atoms with Crippen molar-refractivity contribution in [1.29, 1.82) is 5.26 Å². The van der Waals surface area contributed by atoms with Gasteiger partial charge in [-0.3, -0.25) is 4.79 Å². The van der Waals surface area contributed by atoms with Gasteiger partial charge in [0.25, 0.3) is 5.56 Å². The van der Waals surface area contributed by atoms with Crippen molar-refractivity contribution >= 4 is 11.6 Å². The van der Waals surface area contributed by atoms with Crippen molar-refractivity contribution in [2.24, 2.45) is 5.73 Å². The summed E-state index contributed by atoms with van der Waals surface area (Å²) >= 11 is 5.96. The quantitative estimate of drug-likeness (QED) is 0.910. The maximum absolute atomic E-state index is 13.0. The Balaban J connectivity index is 2.33. The molecule has 0 amide bonds. The minimum Gasteiger partial charge on any atom is -0.440 e. The van der Waals surface area contributed by atoms with Crippen LogP contribution < -0.4 is 16.0 Å². The van der Waals surface area contributed by atoms with E-state index in [2.05, 4.69) is 6.07 Å². The molecule has 1 atom stereocenters. The Kier molecular flexibility index (Phi) is 4.08. The Bertz CT molecular complexity index is 936. The lowest BCUT2D eigenvalue weighted by atomic mass is 9.84. The largest absolute Gasteiger partial charge is 0.440 e. The number of aromatic nitrogens is 1. The number of hydrogen-bond acceptors (Lipinski definition) is 4. The third-order valence-electron chi connectivity index (χ3n) is 4.21. The first-order valence-electron chi connectivity index (χ1n) is 7.55. The van der Waals surface area contributed by atoms with E-state index in [0.29, 0.717) is 22.9 Å². The smallest absolute Gasteiger partial charge is 0.258 e. The summed E-state index contributed by atoms with van der Waals surface area (Å²) in [6.45, 7) is 4.27. The van der Waals surface area contributed by atoms with Crippen LogP contribution in [0.15, 0.2) is 46.6 Å². The Morgan fingerprint density at radius 3 is 2.62 bits per heavy atom. The van der Waals surface area contributed by atoms with Crippen LogP contribution in [0, 0.1) is 18.3 Å². The zero-order valence-electron chi connectivity index (χ0n) is 13.3. The molecule has 1 aromatic carbocycles. The number of fused-ring (bicyclic) bond motifs is 1. The summed E-state index contributed by atoms with van der Waals surface area (Å²) in [5.41, 5.74) is 7.97. The second-order valence-corrected chi connectivity index (χ2v) is 6.03. The van der Waals surface area contributed by atoms with E-state index in [1.165, 1.54) is 0 Å². The number of allylic oxidation sites excluding steroid dienone is 1. The number of ether oxygens (including phenoxy) is 1. The Labute approximate surface area is 144 Å². The van der Waals surface area contributed by atoms with Crippen LogP contribution in [-0.2, 0) is 6.54 Å². The van der Waals surface area contributed by atoms with Crippen LogP contribution in [0.25, 0.3) is 0 Å². The summed E-state index contributed by atoms with van der Waals surface area (Å²) in [7, 11) is 0. The van der Waals surface area contributed by atoms with Crippen molar-refractivity contribution in [3.8, 4) is 11.8 Å². The van der Waals surface area contributed by atoms with Crippen molar-refractivity contribution in [3.05, 3.63) is 74.0 Å². The predicted molar refractivity (Wildman–Crippen MR) is 91.9 cm³/mol. The maximum atomic E-state index is 13.0. The van der Waals surface area contributed by atoms with Crippen LogP contribution in [0.5, 0.6) is 5.75 Å². The summed E-state index contributed by atoms with van der Waals surface area (Å²) in [6.07, 6.45) is 0. The van der Waals surface area contributed by atoms with Crippen molar-refractivity contribution in [3.63, 3.8) is 0 Å². The number of rotatable bonds is 2. The van der Waals surface area contributed by atoms with Gasteiger partial charge in [-0.15, -0.1) is 0 Å². The molecule has 1 aromatic heterocycles. The van der Waals surface area contributed by atoms with E-state index in [9.17, 15) is 10.1 Å². The van der Waals surface area contributed by atoms with Gasteiger partial charge < -0.3 is 15.0 Å². The molecule has 122 valence electrons. The maximum Gasteiger partial charge on any atom is 0.258 e. The van der Waals surface area contributed by atoms with Gasteiger partial charge in [0.05, 0.1) is 11.5 Å². The molecule has 0 aliphatic carbocycles. The van der Waals surface area contributed by atoms with Gasteiger partial charge in [0.2, 0.25) is 5.88 Å². The number of aryl methyl sites for hydroxylation is 1. The van der Waals surface area contributed by atoms with E-state index >= 15 is 0 Å². The van der Waals surface area contributed by atoms with Crippen molar-refractivity contribution in [2.45, 2.75) is 26.3 Å². The number of nitrogens with two attached hydrogens (primary N) is 1. The van der Waals surface area contributed by atoms with E-state index in [1.54, 1.807) is 34.9 Å². The van der Waals surface area contributed by atoms with Crippen LogP contribution in [0.1, 0.15) is 29.7 Å². The van der Waals surface area contributed by atoms with Crippen molar-refractivity contribution < 1.29 is 4.74 Å². The number of pyridine rings is 1. The molecule has 0 fully saturated rings. The molecule has 2 aromatic rings. The van der Waals surface area contributed by atoms with E-state index in [4.69, 9.17) is 22.1 Å². The number of benzene rings is 1. The highest BCUT2D eigenvalue weighted by Crippen LogP contribution is 2.40. The molecule has 0 spiro atoms. The van der Waals surface area contributed by atoms with Gasteiger partial charge in [0.1, 0.15) is 17.4 Å². The molecule has 2 N–H and O–H groups in total. The lowest BCUT2D eigenvalue weighted by Crippen LogP contribution is -2.32. The summed E-state index contributed by atoms with van der Waals surface area (Å²) in [5, 5.41) is 10.1. The molecular weight excluding hydrogens is 326 g/mol. The van der Waals surface area contributed by atoms with Crippen molar-refractivity contribution in [1.82, 2.24) is 4.57 Å². The first-order chi connectivity index (χ1) is 11.5. The van der Waals surface area contributed by atoms with E-state index in [-0.39, 0.29) is 17.0 Å². The lowest BCUT2D eigenvalue weighted by Gasteiger charge is -2.27. The minimum atomic E-state index is -0.568. The fourth-order valence-electron chi connectivity index (χ4n) is 3.07. The predicted octanol–water partition coefficient (Wildman–Crippen LogP) is 3.05. The average Bonchev–Trinajstić information content (AvgIpc) is 2.54. The van der Waals surface area contributed by atoms with Gasteiger partial charge in [-0.1, -0.05) is 23.7 Å². The second kappa shape index (κ2) is 6.06. The number of hydrogen-bond donors (Lipinski definition) is 1. The Morgan fingerprint density at radius 2 is 2.04 bits per heavy atom. The van der Waals surface area contributed by atoms with Crippen LogP contribution in [0.4, 0.5) is 0 Å². The minimum absolute atomic E-state index is 0.0259. The monoisotopic (exact) mass is 341 g/mol. The fraction of sp³-hybridized carbons (Fsp3) is 0.222. The molecule has 0 bridgehead atoms. The molecule has 3 rings (SSSR count). The zero-order chi connectivity index (χ0) is 17.4. The van der Waals surface area contributed by atoms with Gasteiger partial charge in [-0.25, -0.2) is 0 Å². The standard InChI is InChI=1S/C18H16ClN3O2/c1-3-22-10(2)8-14-16(18(22)23)15(13(9-20)17(21)24-14)11-4-6-12(19)7-5-11/h4-8,15H,3,21H2,1-2H3/t15-/m0/s1. The zero-order valence-corrected chi connectivity index (χ0v) is 14.1. The Morgan fingerprint density at radius 1 is 1.38 bits per heavy atom. The van der Waals surface area contributed by atoms with Gasteiger partial charge in [-0.05, 0) is 31.5 Å². The van der Waals surface area contributed by atoms with Crippen LogP contribution in [0.3, 0.4) is 0 Å². The number of nitriles is 1. The van der Waals surface area contributed by atoms with E-state index < -0.39 is 5.92 Å². The normalized spacial score (nSPS) is 16.3. The number of halogens is 1. The molecule has 0 radical (unpaired) electrons. The number of nitrogens with zero attached hydrogens (tertiary/aromatic N) is 2. The van der Waals surface area contributed by atoms with Crippen LogP contribution in [0.2, 0.25) is 5.02 Å². The van der Waals surface area contributed by atoms with Gasteiger partial charge in [0.15, 0.2) is 0 Å².